The van der Waals surface area contributed by atoms with Gasteiger partial charge in [-0.2, -0.15) is 0 Å². The molecular formula is C24H28N2S. The van der Waals surface area contributed by atoms with Gasteiger partial charge in [-0.3, -0.25) is 0 Å². The van der Waals surface area contributed by atoms with Crippen LogP contribution in [0.3, 0.4) is 0 Å². The van der Waals surface area contributed by atoms with Crippen LogP contribution in [0.4, 0.5) is 11.4 Å². The molecule has 7 rings (SSSR count). The topological polar surface area (TPSA) is 15.3 Å². The monoisotopic (exact) mass is 376 g/mol. The first-order valence-electron chi connectivity index (χ1n) is 10.7. The molecule has 1 aliphatic heterocycles. The van der Waals surface area contributed by atoms with Crippen molar-refractivity contribution in [3.63, 3.8) is 0 Å². The average Bonchev–Trinajstić information content (AvgIpc) is 2.66. The molecule has 1 N–H and O–H groups in total. The van der Waals surface area contributed by atoms with Gasteiger partial charge in [0.05, 0.1) is 11.4 Å². The zero-order valence-electron chi connectivity index (χ0n) is 15.9. The summed E-state index contributed by atoms with van der Waals surface area (Å²) in [5.41, 5.74) is 3.19. The predicted octanol–water partition coefficient (Wildman–Crippen LogP) is 5.85. The molecule has 0 spiro atoms. The molecule has 0 amide bonds. The number of nitrogens with zero attached hydrogens (tertiary/aromatic N) is 1. The number of fused-ring (bicyclic) bond motifs is 2. The van der Waals surface area contributed by atoms with Gasteiger partial charge in [-0.1, -0.05) is 36.0 Å². The van der Waals surface area contributed by atoms with Crippen molar-refractivity contribution in [2.75, 3.05) is 18.0 Å². The minimum Gasteiger partial charge on any atom is -0.338 e. The lowest BCUT2D eigenvalue weighted by Gasteiger charge is -2.57. The largest absolute Gasteiger partial charge is 0.338 e. The summed E-state index contributed by atoms with van der Waals surface area (Å²) >= 11 is 1.90. The van der Waals surface area contributed by atoms with Crippen molar-refractivity contribution in [1.82, 2.24) is 5.32 Å². The third-order valence-corrected chi connectivity index (χ3v) is 8.54. The van der Waals surface area contributed by atoms with Crippen LogP contribution < -0.4 is 10.2 Å². The maximum Gasteiger partial charge on any atom is 0.0553 e. The molecule has 2 nitrogen and oxygen atoms in total. The van der Waals surface area contributed by atoms with Crippen molar-refractivity contribution < 1.29 is 0 Å². The van der Waals surface area contributed by atoms with E-state index in [0.29, 0.717) is 5.54 Å². The fourth-order valence-electron chi connectivity index (χ4n) is 6.78. The number of rotatable bonds is 4. The minimum absolute atomic E-state index is 0.457. The molecule has 1 heterocycles. The SMILES string of the molecule is c1ccc2c(c1)Sc1ccccc1N2CCNC12CC3CC(CC(C3)C1)C2. The van der Waals surface area contributed by atoms with E-state index in [0.717, 1.165) is 30.8 Å². The normalized spacial score (nSPS) is 33.0. The van der Waals surface area contributed by atoms with Gasteiger partial charge < -0.3 is 10.2 Å². The summed E-state index contributed by atoms with van der Waals surface area (Å²) in [6.45, 7) is 2.13. The maximum atomic E-state index is 4.09. The van der Waals surface area contributed by atoms with Gasteiger partial charge in [0.25, 0.3) is 0 Å². The van der Waals surface area contributed by atoms with Gasteiger partial charge in [-0.25, -0.2) is 0 Å². The fourth-order valence-corrected chi connectivity index (χ4v) is 7.88. The average molecular weight is 377 g/mol. The van der Waals surface area contributed by atoms with Crippen LogP contribution in [0.5, 0.6) is 0 Å². The summed E-state index contributed by atoms with van der Waals surface area (Å²) in [6.07, 6.45) is 8.85. The highest BCUT2D eigenvalue weighted by Gasteiger charge is 2.50. The van der Waals surface area contributed by atoms with Crippen LogP contribution in [0.25, 0.3) is 0 Å². The molecule has 27 heavy (non-hydrogen) atoms. The zero-order valence-corrected chi connectivity index (χ0v) is 16.7. The van der Waals surface area contributed by atoms with Gasteiger partial charge in [0.15, 0.2) is 0 Å². The second-order valence-electron chi connectivity index (χ2n) is 9.31. The molecule has 0 aromatic heterocycles. The quantitative estimate of drug-likeness (QED) is 0.721. The van der Waals surface area contributed by atoms with E-state index in [1.807, 2.05) is 11.8 Å². The molecule has 3 heteroatoms. The molecule has 4 saturated carbocycles. The number of hydrogen-bond acceptors (Lipinski definition) is 3. The van der Waals surface area contributed by atoms with Crippen LogP contribution in [0, 0.1) is 17.8 Å². The molecule has 0 saturated heterocycles. The van der Waals surface area contributed by atoms with Crippen molar-refractivity contribution >= 4 is 23.1 Å². The van der Waals surface area contributed by atoms with E-state index >= 15 is 0 Å². The molecule has 2 aromatic rings. The van der Waals surface area contributed by atoms with E-state index in [2.05, 4.69) is 58.7 Å². The Morgan fingerprint density at radius 1 is 0.815 bits per heavy atom. The summed E-state index contributed by atoms with van der Waals surface area (Å²) in [5, 5.41) is 4.09. The van der Waals surface area contributed by atoms with Gasteiger partial charge >= 0.3 is 0 Å². The highest BCUT2D eigenvalue weighted by atomic mass is 32.2. The van der Waals surface area contributed by atoms with Gasteiger partial charge in [0.2, 0.25) is 0 Å². The summed E-state index contributed by atoms with van der Waals surface area (Å²) in [6, 6.07) is 17.7. The highest BCUT2D eigenvalue weighted by Crippen LogP contribution is 2.55. The van der Waals surface area contributed by atoms with E-state index < -0.39 is 0 Å². The van der Waals surface area contributed by atoms with Crippen LogP contribution in [0.15, 0.2) is 58.3 Å². The number of anilines is 2. The Balaban J connectivity index is 1.22. The summed E-state index contributed by atoms with van der Waals surface area (Å²) < 4.78 is 0. The summed E-state index contributed by atoms with van der Waals surface area (Å²) in [7, 11) is 0. The van der Waals surface area contributed by atoms with Gasteiger partial charge in [-0.05, 0) is 80.5 Å². The van der Waals surface area contributed by atoms with E-state index in [1.54, 1.807) is 0 Å². The van der Waals surface area contributed by atoms with Crippen molar-refractivity contribution in [2.45, 2.75) is 53.9 Å². The van der Waals surface area contributed by atoms with Crippen LogP contribution >= 0.6 is 11.8 Å². The first-order chi connectivity index (χ1) is 13.3. The third-order valence-electron chi connectivity index (χ3n) is 7.41. The molecule has 0 unspecified atom stereocenters. The molecule has 4 bridgehead atoms. The van der Waals surface area contributed by atoms with Gasteiger partial charge in [0.1, 0.15) is 0 Å². The standard InChI is InChI=1S/C24H28N2S/c1-3-7-22-20(5-1)26(21-6-2-4-8-23(21)27-22)10-9-25-24-14-17-11-18(15-24)13-19(12-17)16-24/h1-8,17-19,25H,9-16H2. The van der Waals surface area contributed by atoms with E-state index in [-0.39, 0.29) is 0 Å². The molecule has 4 fully saturated rings. The third kappa shape index (κ3) is 2.82. The molecule has 0 atom stereocenters. The zero-order chi connectivity index (χ0) is 17.8. The van der Waals surface area contributed by atoms with Crippen LogP contribution in [0.2, 0.25) is 0 Å². The van der Waals surface area contributed by atoms with Crippen LogP contribution in [0.1, 0.15) is 38.5 Å². The lowest BCUT2D eigenvalue weighted by Crippen LogP contribution is -2.59. The van der Waals surface area contributed by atoms with Gasteiger partial charge in [0, 0.05) is 28.4 Å². The summed E-state index contributed by atoms with van der Waals surface area (Å²) in [5.74, 6) is 3.03. The summed E-state index contributed by atoms with van der Waals surface area (Å²) in [4.78, 5) is 5.30. The molecular weight excluding hydrogens is 348 g/mol. The lowest BCUT2D eigenvalue weighted by molar-refractivity contribution is -0.0190. The number of hydrogen-bond donors (Lipinski definition) is 1. The van der Waals surface area contributed by atoms with Crippen molar-refractivity contribution in [3.05, 3.63) is 48.5 Å². The van der Waals surface area contributed by atoms with Crippen molar-refractivity contribution in [2.24, 2.45) is 17.8 Å². The molecule has 2 aromatic carbocycles. The van der Waals surface area contributed by atoms with Crippen LogP contribution in [-0.4, -0.2) is 18.6 Å². The Morgan fingerprint density at radius 2 is 1.33 bits per heavy atom. The van der Waals surface area contributed by atoms with E-state index in [1.165, 1.54) is 59.7 Å². The van der Waals surface area contributed by atoms with Crippen molar-refractivity contribution in [3.8, 4) is 0 Å². The molecule has 0 radical (unpaired) electrons. The van der Waals surface area contributed by atoms with Crippen LogP contribution in [-0.2, 0) is 0 Å². The highest BCUT2D eigenvalue weighted by molar-refractivity contribution is 7.99. The Labute approximate surface area is 166 Å². The number of nitrogens with one attached hydrogen (secondary N) is 1. The van der Waals surface area contributed by atoms with E-state index in [9.17, 15) is 0 Å². The predicted molar refractivity (Wildman–Crippen MR) is 113 cm³/mol. The van der Waals surface area contributed by atoms with Crippen molar-refractivity contribution in [1.29, 1.82) is 0 Å². The first-order valence-corrected chi connectivity index (χ1v) is 11.5. The second kappa shape index (κ2) is 6.28. The fraction of sp³-hybridized carbons (Fsp3) is 0.500. The Bertz CT molecular complexity index is 780. The Hall–Kier alpha value is -1.45. The maximum absolute atomic E-state index is 4.09. The smallest absolute Gasteiger partial charge is 0.0553 e. The second-order valence-corrected chi connectivity index (χ2v) is 10.4. The first kappa shape index (κ1) is 16.5. The minimum atomic E-state index is 0.457. The lowest BCUT2D eigenvalue weighted by atomic mass is 9.53. The Kier molecular flexibility index (Phi) is 3.84. The molecule has 4 aliphatic carbocycles. The molecule has 5 aliphatic rings. The Morgan fingerprint density at radius 3 is 1.89 bits per heavy atom. The van der Waals surface area contributed by atoms with E-state index in [4.69, 9.17) is 0 Å². The molecule has 140 valence electrons. The number of para-hydroxylation sites is 2. The van der Waals surface area contributed by atoms with Gasteiger partial charge in [-0.15, -0.1) is 0 Å². The number of benzene rings is 2.